The van der Waals surface area contributed by atoms with Gasteiger partial charge in [0.15, 0.2) is 17.0 Å². The van der Waals surface area contributed by atoms with Gasteiger partial charge < -0.3 is 15.0 Å². The highest BCUT2D eigenvalue weighted by Gasteiger charge is 2.32. The van der Waals surface area contributed by atoms with Gasteiger partial charge >= 0.3 is 0 Å². The SMILES string of the molecule is COc1ccc(C2CC(NC(=O)c3cc(=O)cc[nH]3)C2)cc1F. The molecule has 1 aliphatic rings. The number of carbonyl (C=O) groups excluding carboxylic acids is 1. The highest BCUT2D eigenvalue weighted by Crippen LogP contribution is 2.38. The van der Waals surface area contributed by atoms with Crippen molar-refractivity contribution in [2.45, 2.75) is 24.8 Å². The van der Waals surface area contributed by atoms with Crippen LogP contribution >= 0.6 is 0 Å². The molecular formula is C17H17FN2O3. The van der Waals surface area contributed by atoms with Gasteiger partial charge in [-0.3, -0.25) is 9.59 Å². The summed E-state index contributed by atoms with van der Waals surface area (Å²) in [5.41, 5.74) is 0.937. The molecule has 1 aliphatic carbocycles. The van der Waals surface area contributed by atoms with Gasteiger partial charge in [-0.05, 0) is 36.5 Å². The molecule has 1 aromatic carbocycles. The van der Waals surface area contributed by atoms with Crippen LogP contribution in [0.5, 0.6) is 5.75 Å². The highest BCUT2D eigenvalue weighted by molar-refractivity contribution is 5.92. The van der Waals surface area contributed by atoms with Crippen LogP contribution in [0, 0.1) is 5.82 Å². The molecule has 0 saturated heterocycles. The Morgan fingerprint density at radius 2 is 2.09 bits per heavy atom. The minimum absolute atomic E-state index is 0.0290. The number of hydrogen-bond donors (Lipinski definition) is 2. The molecule has 1 fully saturated rings. The van der Waals surface area contributed by atoms with Crippen LogP contribution in [-0.2, 0) is 0 Å². The fourth-order valence-electron chi connectivity index (χ4n) is 2.78. The van der Waals surface area contributed by atoms with Gasteiger partial charge in [0.25, 0.3) is 5.91 Å². The predicted molar refractivity (Wildman–Crippen MR) is 83.2 cm³/mol. The summed E-state index contributed by atoms with van der Waals surface area (Å²) in [6.45, 7) is 0. The third-order valence-corrected chi connectivity index (χ3v) is 4.14. The van der Waals surface area contributed by atoms with Crippen molar-refractivity contribution >= 4 is 5.91 Å². The van der Waals surface area contributed by atoms with Crippen molar-refractivity contribution < 1.29 is 13.9 Å². The Labute approximate surface area is 132 Å². The van der Waals surface area contributed by atoms with Crippen molar-refractivity contribution in [1.82, 2.24) is 10.3 Å². The average molecular weight is 316 g/mol. The minimum atomic E-state index is -0.376. The first-order valence-corrected chi connectivity index (χ1v) is 7.40. The molecule has 1 amide bonds. The van der Waals surface area contributed by atoms with Gasteiger partial charge in [-0.2, -0.15) is 0 Å². The summed E-state index contributed by atoms with van der Waals surface area (Å²) >= 11 is 0. The first-order chi connectivity index (χ1) is 11.1. The van der Waals surface area contributed by atoms with E-state index in [0.29, 0.717) is 0 Å². The van der Waals surface area contributed by atoms with Crippen LogP contribution in [0.25, 0.3) is 0 Å². The van der Waals surface area contributed by atoms with E-state index in [9.17, 15) is 14.0 Å². The van der Waals surface area contributed by atoms with E-state index in [2.05, 4.69) is 10.3 Å². The zero-order chi connectivity index (χ0) is 16.4. The van der Waals surface area contributed by atoms with E-state index >= 15 is 0 Å². The number of aromatic amines is 1. The van der Waals surface area contributed by atoms with Crippen LogP contribution in [0.15, 0.2) is 41.3 Å². The van der Waals surface area contributed by atoms with Gasteiger partial charge in [0.1, 0.15) is 5.69 Å². The lowest BCUT2D eigenvalue weighted by Crippen LogP contribution is -2.43. The number of aromatic nitrogens is 1. The van der Waals surface area contributed by atoms with Crippen LogP contribution in [0.4, 0.5) is 4.39 Å². The quantitative estimate of drug-likeness (QED) is 0.908. The van der Waals surface area contributed by atoms with Crippen molar-refractivity contribution in [3.8, 4) is 5.75 Å². The van der Waals surface area contributed by atoms with Crippen molar-refractivity contribution in [1.29, 1.82) is 0 Å². The molecule has 2 N–H and O–H groups in total. The van der Waals surface area contributed by atoms with Crippen LogP contribution in [-0.4, -0.2) is 24.0 Å². The Kier molecular flexibility index (Phi) is 4.14. The fraction of sp³-hybridized carbons (Fsp3) is 0.294. The molecule has 0 atom stereocenters. The second kappa shape index (κ2) is 6.24. The topological polar surface area (TPSA) is 71.2 Å². The number of pyridine rings is 1. The molecule has 1 aromatic heterocycles. The molecule has 0 radical (unpaired) electrons. The first kappa shape index (κ1) is 15.3. The van der Waals surface area contributed by atoms with Gasteiger partial charge in [-0.25, -0.2) is 4.39 Å². The number of amides is 1. The standard InChI is InChI=1S/C17H17FN2O3/c1-23-16-3-2-10(8-14(16)18)11-6-12(7-11)20-17(22)15-9-13(21)4-5-19-15/h2-5,8-9,11-12H,6-7H2,1H3,(H,19,21)(H,20,22). The summed E-state index contributed by atoms with van der Waals surface area (Å²) in [5.74, 6) is -0.229. The molecule has 5 nitrogen and oxygen atoms in total. The Bertz CT molecular complexity index is 781. The maximum atomic E-state index is 13.7. The smallest absolute Gasteiger partial charge is 0.268 e. The average Bonchev–Trinajstić information content (AvgIpc) is 2.50. The number of hydrogen-bond acceptors (Lipinski definition) is 3. The Balaban J connectivity index is 1.58. The molecule has 0 unspecified atom stereocenters. The zero-order valence-corrected chi connectivity index (χ0v) is 12.6. The summed E-state index contributed by atoms with van der Waals surface area (Å²) in [4.78, 5) is 26.0. The van der Waals surface area contributed by atoms with Crippen molar-refractivity contribution in [3.05, 3.63) is 63.8 Å². The van der Waals surface area contributed by atoms with E-state index < -0.39 is 0 Å². The monoisotopic (exact) mass is 316 g/mol. The maximum absolute atomic E-state index is 13.7. The molecular weight excluding hydrogens is 299 g/mol. The van der Waals surface area contributed by atoms with Gasteiger partial charge in [-0.15, -0.1) is 0 Å². The number of carbonyl (C=O) groups is 1. The van der Waals surface area contributed by atoms with Crippen molar-refractivity contribution in [3.63, 3.8) is 0 Å². The molecule has 0 bridgehead atoms. The lowest BCUT2D eigenvalue weighted by Gasteiger charge is -2.36. The number of ether oxygens (including phenoxy) is 1. The summed E-state index contributed by atoms with van der Waals surface area (Å²) in [5, 5.41) is 2.87. The second-order valence-corrected chi connectivity index (χ2v) is 5.67. The normalized spacial score (nSPS) is 19.7. The number of H-pyrrole nitrogens is 1. The molecule has 1 saturated carbocycles. The summed E-state index contributed by atoms with van der Waals surface area (Å²) in [6.07, 6.45) is 2.93. The Hall–Kier alpha value is -2.63. The molecule has 23 heavy (non-hydrogen) atoms. The number of nitrogens with one attached hydrogen (secondary N) is 2. The van der Waals surface area contributed by atoms with E-state index in [4.69, 9.17) is 4.74 Å². The highest BCUT2D eigenvalue weighted by atomic mass is 19.1. The molecule has 3 rings (SSSR count). The molecule has 6 heteroatoms. The fourth-order valence-corrected chi connectivity index (χ4v) is 2.78. The maximum Gasteiger partial charge on any atom is 0.268 e. The van der Waals surface area contributed by atoms with E-state index in [1.54, 1.807) is 6.07 Å². The molecule has 120 valence electrons. The van der Waals surface area contributed by atoms with Crippen LogP contribution in [0.1, 0.15) is 34.8 Å². The van der Waals surface area contributed by atoms with E-state index in [1.165, 1.54) is 31.5 Å². The zero-order valence-electron chi connectivity index (χ0n) is 12.6. The van der Waals surface area contributed by atoms with E-state index in [1.807, 2.05) is 6.07 Å². The van der Waals surface area contributed by atoms with Gasteiger partial charge in [0.2, 0.25) is 0 Å². The number of halogens is 1. The molecule has 1 heterocycles. The van der Waals surface area contributed by atoms with Crippen LogP contribution < -0.4 is 15.5 Å². The second-order valence-electron chi connectivity index (χ2n) is 5.67. The van der Waals surface area contributed by atoms with E-state index in [0.717, 1.165) is 18.4 Å². The molecule has 2 aromatic rings. The van der Waals surface area contributed by atoms with Gasteiger partial charge in [-0.1, -0.05) is 6.07 Å². The van der Waals surface area contributed by atoms with Crippen molar-refractivity contribution in [2.75, 3.05) is 7.11 Å². The lowest BCUT2D eigenvalue weighted by molar-refractivity contribution is 0.0903. The van der Waals surface area contributed by atoms with E-state index in [-0.39, 0.29) is 40.6 Å². The first-order valence-electron chi connectivity index (χ1n) is 7.40. The Morgan fingerprint density at radius 3 is 2.74 bits per heavy atom. The third-order valence-electron chi connectivity index (χ3n) is 4.14. The van der Waals surface area contributed by atoms with Crippen LogP contribution in [0.2, 0.25) is 0 Å². The lowest BCUT2D eigenvalue weighted by atomic mass is 9.76. The summed E-state index contributed by atoms with van der Waals surface area (Å²) in [7, 11) is 1.43. The predicted octanol–water partition coefficient (Wildman–Crippen LogP) is 2.20. The summed E-state index contributed by atoms with van der Waals surface area (Å²) in [6, 6.07) is 7.60. The van der Waals surface area contributed by atoms with Crippen molar-refractivity contribution in [2.24, 2.45) is 0 Å². The molecule has 0 spiro atoms. The Morgan fingerprint density at radius 1 is 1.30 bits per heavy atom. The number of rotatable bonds is 4. The third kappa shape index (κ3) is 3.26. The molecule has 0 aliphatic heterocycles. The van der Waals surface area contributed by atoms with Gasteiger partial charge in [0, 0.05) is 24.4 Å². The number of benzene rings is 1. The van der Waals surface area contributed by atoms with Gasteiger partial charge in [0.05, 0.1) is 7.11 Å². The largest absolute Gasteiger partial charge is 0.494 e. The summed E-state index contributed by atoms with van der Waals surface area (Å²) < 4.78 is 18.6. The minimum Gasteiger partial charge on any atom is -0.494 e. The number of methoxy groups -OCH3 is 1. The van der Waals surface area contributed by atoms with Crippen LogP contribution in [0.3, 0.4) is 0 Å².